The zero-order valence-electron chi connectivity index (χ0n) is 10.5. The maximum Gasteiger partial charge on any atom is 0.250 e. The summed E-state index contributed by atoms with van der Waals surface area (Å²) in [6.07, 6.45) is 1.81. The molecule has 0 radical (unpaired) electrons. The molecule has 0 atom stereocenters. The fraction of sp³-hybridized carbons (Fsp3) is 0.214. The number of nitrogens with zero attached hydrogens (tertiary/aromatic N) is 1. The highest BCUT2D eigenvalue weighted by molar-refractivity contribution is 9.10. The molecule has 0 aliphatic rings. The molecule has 100 valence electrons. The van der Waals surface area contributed by atoms with Crippen LogP contribution in [0, 0.1) is 0 Å². The molecule has 19 heavy (non-hydrogen) atoms. The van der Waals surface area contributed by atoms with Crippen LogP contribution in [0.2, 0.25) is 5.02 Å². The van der Waals surface area contributed by atoms with E-state index in [0.717, 1.165) is 15.7 Å². The Morgan fingerprint density at radius 2 is 2.11 bits per heavy atom. The molecule has 0 aliphatic carbocycles. The van der Waals surface area contributed by atoms with E-state index in [1.54, 1.807) is 16.7 Å². The Balaban J connectivity index is 2.12. The third-order valence-corrected chi connectivity index (χ3v) is 3.67. The SMILES string of the molecule is CCn1cc(NCc2ccc(Br)cc2Cl)ccc1=O. The molecule has 2 rings (SSSR count). The van der Waals surface area contributed by atoms with Crippen LogP contribution in [0.3, 0.4) is 0 Å². The molecule has 1 N–H and O–H groups in total. The predicted octanol–water partition coefficient (Wildman–Crippen LogP) is 3.90. The third kappa shape index (κ3) is 3.61. The molecule has 0 spiro atoms. The summed E-state index contributed by atoms with van der Waals surface area (Å²) in [5, 5.41) is 3.98. The van der Waals surface area contributed by atoms with Crippen LogP contribution in [0.25, 0.3) is 0 Å². The van der Waals surface area contributed by atoms with Crippen molar-refractivity contribution in [1.29, 1.82) is 0 Å². The van der Waals surface area contributed by atoms with Crippen LogP contribution in [0.5, 0.6) is 0 Å². The van der Waals surface area contributed by atoms with Crippen molar-refractivity contribution in [3.05, 3.63) is 61.9 Å². The van der Waals surface area contributed by atoms with Gasteiger partial charge < -0.3 is 9.88 Å². The normalized spacial score (nSPS) is 10.5. The maximum absolute atomic E-state index is 11.5. The first-order valence-electron chi connectivity index (χ1n) is 5.98. The fourth-order valence-corrected chi connectivity index (χ4v) is 2.49. The van der Waals surface area contributed by atoms with Crippen molar-refractivity contribution < 1.29 is 0 Å². The molecule has 1 heterocycles. The molecule has 0 saturated heterocycles. The summed E-state index contributed by atoms with van der Waals surface area (Å²) >= 11 is 9.53. The molecule has 0 amide bonds. The van der Waals surface area contributed by atoms with Gasteiger partial charge in [0.2, 0.25) is 0 Å². The van der Waals surface area contributed by atoms with Gasteiger partial charge in [0.05, 0.1) is 5.69 Å². The van der Waals surface area contributed by atoms with Gasteiger partial charge in [0, 0.05) is 34.8 Å². The topological polar surface area (TPSA) is 34.0 Å². The number of benzene rings is 1. The average Bonchev–Trinajstić information content (AvgIpc) is 2.39. The maximum atomic E-state index is 11.5. The molecule has 1 aromatic carbocycles. The van der Waals surface area contributed by atoms with Gasteiger partial charge in [-0.25, -0.2) is 0 Å². The van der Waals surface area contributed by atoms with E-state index in [4.69, 9.17) is 11.6 Å². The fourth-order valence-electron chi connectivity index (χ4n) is 1.75. The molecule has 3 nitrogen and oxygen atoms in total. The zero-order chi connectivity index (χ0) is 13.8. The smallest absolute Gasteiger partial charge is 0.250 e. The minimum atomic E-state index is 0.00900. The number of aryl methyl sites for hydroxylation is 1. The van der Waals surface area contributed by atoms with Crippen LogP contribution >= 0.6 is 27.5 Å². The van der Waals surface area contributed by atoms with E-state index in [0.29, 0.717) is 18.1 Å². The van der Waals surface area contributed by atoms with Gasteiger partial charge in [0.1, 0.15) is 0 Å². The number of hydrogen-bond donors (Lipinski definition) is 1. The molecule has 0 bridgehead atoms. The van der Waals surface area contributed by atoms with Crippen molar-refractivity contribution in [3.8, 4) is 0 Å². The van der Waals surface area contributed by atoms with Gasteiger partial charge >= 0.3 is 0 Å². The molecular weight excluding hydrogens is 328 g/mol. The third-order valence-electron chi connectivity index (χ3n) is 2.82. The Kier molecular flexibility index (Phi) is 4.66. The number of nitrogens with one attached hydrogen (secondary N) is 1. The lowest BCUT2D eigenvalue weighted by Gasteiger charge is -2.10. The summed E-state index contributed by atoms with van der Waals surface area (Å²) in [5.74, 6) is 0. The second-order valence-corrected chi connectivity index (χ2v) is 5.45. The summed E-state index contributed by atoms with van der Waals surface area (Å²) in [7, 11) is 0. The van der Waals surface area contributed by atoms with Gasteiger partial charge in [0.15, 0.2) is 0 Å². The van der Waals surface area contributed by atoms with E-state index in [-0.39, 0.29) is 5.56 Å². The van der Waals surface area contributed by atoms with Crippen molar-refractivity contribution >= 4 is 33.2 Å². The Labute approximate surface area is 125 Å². The Bertz CT molecular complexity index is 640. The van der Waals surface area contributed by atoms with Gasteiger partial charge in [-0.3, -0.25) is 4.79 Å². The Morgan fingerprint density at radius 1 is 1.32 bits per heavy atom. The second-order valence-electron chi connectivity index (χ2n) is 4.13. The lowest BCUT2D eigenvalue weighted by atomic mass is 10.2. The van der Waals surface area contributed by atoms with Crippen molar-refractivity contribution in [3.63, 3.8) is 0 Å². The first-order chi connectivity index (χ1) is 9.10. The standard InChI is InChI=1S/C14H14BrClN2O/c1-2-18-9-12(5-6-14(18)19)17-8-10-3-4-11(15)7-13(10)16/h3-7,9,17H,2,8H2,1H3. The van der Waals surface area contributed by atoms with Crippen LogP contribution in [0.15, 0.2) is 45.8 Å². The molecule has 0 saturated carbocycles. The van der Waals surface area contributed by atoms with Crippen molar-refractivity contribution in [2.45, 2.75) is 20.0 Å². The number of rotatable bonds is 4. The minimum Gasteiger partial charge on any atom is -0.380 e. The highest BCUT2D eigenvalue weighted by Gasteiger charge is 2.02. The second kappa shape index (κ2) is 6.26. The molecule has 2 aromatic rings. The molecule has 0 aliphatic heterocycles. The highest BCUT2D eigenvalue weighted by Crippen LogP contribution is 2.22. The summed E-state index contributed by atoms with van der Waals surface area (Å²) in [4.78, 5) is 11.5. The van der Waals surface area contributed by atoms with E-state index < -0.39 is 0 Å². The first kappa shape index (κ1) is 14.2. The van der Waals surface area contributed by atoms with Gasteiger partial charge in [-0.2, -0.15) is 0 Å². The number of aromatic nitrogens is 1. The van der Waals surface area contributed by atoms with E-state index in [2.05, 4.69) is 21.2 Å². The Hall–Kier alpha value is -1.26. The van der Waals surface area contributed by atoms with E-state index >= 15 is 0 Å². The lowest BCUT2D eigenvalue weighted by molar-refractivity contribution is 0.727. The molecule has 1 aromatic heterocycles. The average molecular weight is 342 g/mol. The molecular formula is C14H14BrClN2O. The van der Waals surface area contributed by atoms with E-state index in [1.165, 1.54) is 0 Å². The van der Waals surface area contributed by atoms with Crippen molar-refractivity contribution in [2.75, 3.05) is 5.32 Å². The summed E-state index contributed by atoms with van der Waals surface area (Å²) < 4.78 is 2.62. The lowest BCUT2D eigenvalue weighted by Crippen LogP contribution is -2.17. The largest absolute Gasteiger partial charge is 0.380 e. The van der Waals surface area contributed by atoms with E-state index in [9.17, 15) is 4.79 Å². The van der Waals surface area contributed by atoms with Crippen LogP contribution in [-0.2, 0) is 13.1 Å². The van der Waals surface area contributed by atoms with Crippen LogP contribution in [-0.4, -0.2) is 4.57 Å². The van der Waals surface area contributed by atoms with Gasteiger partial charge in [0.25, 0.3) is 5.56 Å². The first-order valence-corrected chi connectivity index (χ1v) is 7.15. The quantitative estimate of drug-likeness (QED) is 0.915. The van der Waals surface area contributed by atoms with Crippen LogP contribution < -0.4 is 10.9 Å². The Morgan fingerprint density at radius 3 is 2.79 bits per heavy atom. The zero-order valence-corrected chi connectivity index (χ0v) is 12.8. The van der Waals surface area contributed by atoms with Crippen molar-refractivity contribution in [2.24, 2.45) is 0 Å². The predicted molar refractivity (Wildman–Crippen MR) is 82.9 cm³/mol. The molecule has 5 heteroatoms. The number of pyridine rings is 1. The van der Waals surface area contributed by atoms with Crippen molar-refractivity contribution in [1.82, 2.24) is 4.57 Å². The summed E-state index contributed by atoms with van der Waals surface area (Å²) in [6.45, 7) is 3.22. The van der Waals surface area contributed by atoms with Gasteiger partial charge in [-0.1, -0.05) is 33.6 Å². The number of hydrogen-bond acceptors (Lipinski definition) is 2. The number of anilines is 1. The van der Waals surface area contributed by atoms with E-state index in [1.807, 2.05) is 31.3 Å². The van der Waals surface area contributed by atoms with Crippen LogP contribution in [0.1, 0.15) is 12.5 Å². The number of halogens is 2. The molecule has 0 fully saturated rings. The van der Waals surface area contributed by atoms with Gasteiger partial charge in [-0.15, -0.1) is 0 Å². The summed E-state index contributed by atoms with van der Waals surface area (Å²) in [5.41, 5.74) is 1.93. The highest BCUT2D eigenvalue weighted by atomic mass is 79.9. The minimum absolute atomic E-state index is 0.00900. The molecule has 0 unspecified atom stereocenters. The summed E-state index contributed by atoms with van der Waals surface area (Å²) in [6, 6.07) is 9.13. The van der Waals surface area contributed by atoms with Gasteiger partial charge in [-0.05, 0) is 30.7 Å². The monoisotopic (exact) mass is 340 g/mol. The van der Waals surface area contributed by atoms with Crippen LogP contribution in [0.4, 0.5) is 5.69 Å².